The second-order valence-corrected chi connectivity index (χ2v) is 9.03. The summed E-state index contributed by atoms with van der Waals surface area (Å²) in [4.78, 5) is 26.0. The number of amides is 1. The lowest BCUT2D eigenvalue weighted by atomic mass is 9.53. The van der Waals surface area contributed by atoms with Crippen molar-refractivity contribution in [3.8, 4) is 0 Å². The monoisotopic (exact) mass is 330 g/mol. The van der Waals surface area contributed by atoms with Crippen LogP contribution in [0.15, 0.2) is 0 Å². The molecule has 2 N–H and O–H groups in total. The van der Waals surface area contributed by atoms with Gasteiger partial charge in [0.2, 0.25) is 15.9 Å². The minimum atomic E-state index is -3.45. The molecule has 0 unspecified atom stereocenters. The molecule has 0 aromatic carbocycles. The molecule has 2 fully saturated rings. The molecule has 1 aliphatic carbocycles. The summed E-state index contributed by atoms with van der Waals surface area (Å²) in [5.41, 5.74) is -0.277. The average Bonchev–Trinajstić information content (AvgIpc) is 2.35. The lowest BCUT2D eigenvalue weighted by molar-refractivity contribution is -0.157. The first-order chi connectivity index (χ1) is 10.0. The predicted molar refractivity (Wildman–Crippen MR) is 83.3 cm³/mol. The van der Waals surface area contributed by atoms with Crippen LogP contribution >= 0.6 is 0 Å². The molecule has 1 saturated carbocycles. The number of carbonyl (C=O) groups is 2. The van der Waals surface area contributed by atoms with E-state index in [1.54, 1.807) is 6.92 Å². The van der Waals surface area contributed by atoms with Crippen LogP contribution in [0.3, 0.4) is 0 Å². The molecule has 7 heteroatoms. The number of Topliss-reactive ketones (excluding diaryl/α,β-unsaturated/α-hetero) is 1. The molecule has 0 aromatic rings. The number of piperidine rings is 1. The number of primary sulfonamides is 1. The van der Waals surface area contributed by atoms with Gasteiger partial charge in [0.25, 0.3) is 0 Å². The quantitative estimate of drug-likeness (QED) is 0.823. The van der Waals surface area contributed by atoms with Crippen LogP contribution < -0.4 is 5.14 Å². The Hall–Kier alpha value is -0.950. The van der Waals surface area contributed by atoms with Crippen LogP contribution in [0.2, 0.25) is 0 Å². The Labute approximate surface area is 132 Å². The first-order valence-electron chi connectivity index (χ1n) is 7.82. The Morgan fingerprint density at radius 3 is 2.14 bits per heavy atom. The molecule has 0 spiro atoms. The highest BCUT2D eigenvalue weighted by Crippen LogP contribution is 2.52. The van der Waals surface area contributed by atoms with Gasteiger partial charge < -0.3 is 4.90 Å². The van der Waals surface area contributed by atoms with Gasteiger partial charge in [0.15, 0.2) is 0 Å². The smallest absolute Gasteiger partial charge is 0.226 e. The zero-order chi connectivity index (χ0) is 16.7. The van der Waals surface area contributed by atoms with E-state index in [2.05, 4.69) is 0 Å². The van der Waals surface area contributed by atoms with E-state index < -0.39 is 10.0 Å². The van der Waals surface area contributed by atoms with E-state index in [0.717, 1.165) is 0 Å². The first-order valence-corrected chi connectivity index (χ1v) is 9.53. The van der Waals surface area contributed by atoms with E-state index >= 15 is 0 Å². The van der Waals surface area contributed by atoms with Crippen LogP contribution in [0.25, 0.3) is 0 Å². The minimum absolute atomic E-state index is 0.00361. The second kappa shape index (κ2) is 5.92. The number of sulfonamides is 1. The first kappa shape index (κ1) is 17.4. The molecular weight excluding hydrogens is 304 g/mol. The van der Waals surface area contributed by atoms with Gasteiger partial charge in [-0.05, 0) is 37.5 Å². The number of nitrogens with zero attached hydrogens (tertiary/aromatic N) is 1. The van der Waals surface area contributed by atoms with Crippen molar-refractivity contribution in [1.29, 1.82) is 0 Å². The standard InChI is InChI=1S/C15H26N2O4S/c1-10(18)12-8-13(15(12,2)3)14(19)17-6-4-11(5-7-17)9-22(16,20)21/h11-13H,4-9H2,1-3H3,(H2,16,20,21)/t12-,13+/m0/s1. The highest BCUT2D eigenvalue weighted by Gasteiger charge is 2.54. The SMILES string of the molecule is CC(=O)[C@@H]1C[C@H](C(=O)N2CCC(CS(N)(=O)=O)CC2)C1(C)C. The van der Waals surface area contributed by atoms with Gasteiger partial charge in [-0.25, -0.2) is 13.6 Å². The van der Waals surface area contributed by atoms with E-state index in [0.29, 0.717) is 32.4 Å². The van der Waals surface area contributed by atoms with Gasteiger partial charge >= 0.3 is 0 Å². The number of ketones is 1. The number of hydrogen-bond acceptors (Lipinski definition) is 4. The van der Waals surface area contributed by atoms with Gasteiger partial charge in [0, 0.05) is 24.9 Å². The van der Waals surface area contributed by atoms with E-state index in [9.17, 15) is 18.0 Å². The third kappa shape index (κ3) is 3.51. The zero-order valence-corrected chi connectivity index (χ0v) is 14.4. The Kier molecular flexibility index (Phi) is 4.69. The third-order valence-electron chi connectivity index (χ3n) is 5.45. The lowest BCUT2D eigenvalue weighted by Gasteiger charge is -2.51. The van der Waals surface area contributed by atoms with E-state index in [4.69, 9.17) is 5.14 Å². The topological polar surface area (TPSA) is 97.5 Å². The summed E-state index contributed by atoms with van der Waals surface area (Å²) < 4.78 is 22.3. The van der Waals surface area contributed by atoms with E-state index in [1.165, 1.54) is 0 Å². The van der Waals surface area contributed by atoms with Gasteiger partial charge in [0.1, 0.15) is 5.78 Å². The van der Waals surface area contributed by atoms with Gasteiger partial charge in [0.05, 0.1) is 5.75 Å². The summed E-state index contributed by atoms with van der Waals surface area (Å²) in [5, 5.41) is 5.08. The largest absolute Gasteiger partial charge is 0.342 e. The summed E-state index contributed by atoms with van der Waals surface area (Å²) in [5.74, 6) is 0.171. The molecule has 0 bridgehead atoms. The van der Waals surface area contributed by atoms with Crippen molar-refractivity contribution in [2.45, 2.75) is 40.0 Å². The molecule has 2 atom stereocenters. The number of hydrogen-bond donors (Lipinski definition) is 1. The molecule has 22 heavy (non-hydrogen) atoms. The number of carbonyl (C=O) groups excluding carboxylic acids is 2. The molecule has 0 radical (unpaired) electrons. The van der Waals surface area contributed by atoms with Crippen molar-refractivity contribution < 1.29 is 18.0 Å². The van der Waals surface area contributed by atoms with Crippen molar-refractivity contribution in [2.75, 3.05) is 18.8 Å². The third-order valence-corrected chi connectivity index (χ3v) is 6.39. The number of likely N-dealkylation sites (tertiary alicyclic amines) is 1. The molecule has 2 aliphatic rings. The van der Waals surface area contributed by atoms with Crippen molar-refractivity contribution >= 4 is 21.7 Å². The maximum atomic E-state index is 12.6. The summed E-state index contributed by atoms with van der Waals surface area (Å²) in [6.07, 6.45) is 1.98. The Morgan fingerprint density at radius 1 is 1.18 bits per heavy atom. The molecule has 1 amide bonds. The zero-order valence-electron chi connectivity index (χ0n) is 13.5. The fourth-order valence-corrected chi connectivity index (χ4v) is 4.89. The van der Waals surface area contributed by atoms with E-state index in [1.807, 2.05) is 18.7 Å². The van der Waals surface area contributed by atoms with Crippen molar-refractivity contribution in [2.24, 2.45) is 28.3 Å². The van der Waals surface area contributed by atoms with Crippen LogP contribution in [0.1, 0.15) is 40.0 Å². The van der Waals surface area contributed by atoms with Gasteiger partial charge in [-0.1, -0.05) is 13.8 Å². The second-order valence-electron chi connectivity index (χ2n) is 7.37. The normalized spacial score (nSPS) is 29.0. The maximum Gasteiger partial charge on any atom is 0.226 e. The molecule has 2 rings (SSSR count). The van der Waals surface area contributed by atoms with E-state index in [-0.39, 0.29) is 40.6 Å². The molecule has 126 valence electrons. The highest BCUT2D eigenvalue weighted by atomic mass is 32.2. The molecule has 1 saturated heterocycles. The summed E-state index contributed by atoms with van der Waals surface area (Å²) in [6.45, 7) is 6.72. The molecule has 0 aromatic heterocycles. The van der Waals surface area contributed by atoms with Crippen molar-refractivity contribution in [3.63, 3.8) is 0 Å². The number of rotatable bonds is 4. The molecule has 1 aliphatic heterocycles. The summed E-state index contributed by atoms with van der Waals surface area (Å²) in [6, 6.07) is 0. The Morgan fingerprint density at radius 2 is 1.73 bits per heavy atom. The molecule has 6 nitrogen and oxygen atoms in total. The Balaban J connectivity index is 1.90. The van der Waals surface area contributed by atoms with Crippen LogP contribution in [-0.2, 0) is 19.6 Å². The Bertz CT molecular complexity index is 562. The summed E-state index contributed by atoms with van der Waals surface area (Å²) in [7, 11) is -3.45. The van der Waals surface area contributed by atoms with Crippen LogP contribution in [0.4, 0.5) is 0 Å². The highest BCUT2D eigenvalue weighted by molar-refractivity contribution is 7.89. The van der Waals surface area contributed by atoms with Gasteiger partial charge in [-0.3, -0.25) is 9.59 Å². The van der Waals surface area contributed by atoms with Crippen LogP contribution in [-0.4, -0.2) is 43.9 Å². The maximum absolute atomic E-state index is 12.6. The molecule has 1 heterocycles. The van der Waals surface area contributed by atoms with Gasteiger partial charge in [-0.2, -0.15) is 0 Å². The van der Waals surface area contributed by atoms with Crippen molar-refractivity contribution in [1.82, 2.24) is 4.90 Å². The van der Waals surface area contributed by atoms with Crippen LogP contribution in [0.5, 0.6) is 0 Å². The summed E-state index contributed by atoms with van der Waals surface area (Å²) >= 11 is 0. The predicted octanol–water partition coefficient (Wildman–Crippen LogP) is 0.765. The van der Waals surface area contributed by atoms with Crippen molar-refractivity contribution in [3.05, 3.63) is 0 Å². The number of nitrogens with two attached hydrogens (primary N) is 1. The fraction of sp³-hybridized carbons (Fsp3) is 0.867. The fourth-order valence-electron chi connectivity index (χ4n) is 3.90. The molecular formula is C15H26N2O4S. The lowest BCUT2D eigenvalue weighted by Crippen LogP contribution is -2.56. The van der Waals surface area contributed by atoms with Crippen LogP contribution in [0, 0.1) is 23.2 Å². The average molecular weight is 330 g/mol. The minimum Gasteiger partial charge on any atom is -0.342 e. The van der Waals surface area contributed by atoms with Gasteiger partial charge in [-0.15, -0.1) is 0 Å².